The predicted octanol–water partition coefficient (Wildman–Crippen LogP) is 19.4. The molecule has 0 N–H and O–H groups in total. The summed E-state index contributed by atoms with van der Waals surface area (Å²) in [6, 6.07) is 94.6. The number of furan rings is 2. The van der Waals surface area contributed by atoms with Gasteiger partial charge in [0.2, 0.25) is 0 Å². The van der Waals surface area contributed by atoms with Crippen molar-refractivity contribution in [2.75, 3.05) is 0 Å². The van der Waals surface area contributed by atoms with E-state index in [1.807, 2.05) is 60.7 Å². The normalized spacial score (nSPS) is 14.1. The lowest BCUT2D eigenvalue weighted by Crippen LogP contribution is -2.27. The van der Waals surface area contributed by atoms with E-state index < -0.39 is 0 Å². The highest BCUT2D eigenvalue weighted by Gasteiger charge is 2.41. The summed E-state index contributed by atoms with van der Waals surface area (Å²) in [6.07, 6.45) is 0. The second kappa shape index (κ2) is 18.4. The van der Waals surface area contributed by atoms with Gasteiger partial charge in [0.25, 0.3) is 0 Å². The first-order valence-corrected chi connectivity index (χ1v) is 27.9. The van der Waals surface area contributed by atoms with Crippen LogP contribution in [0.2, 0.25) is 0 Å². The number of para-hydroxylation sites is 2. The van der Waals surface area contributed by atoms with E-state index in [1.165, 1.54) is 33.4 Å². The van der Waals surface area contributed by atoms with Crippen LogP contribution in [0.3, 0.4) is 0 Å². The second-order valence-electron chi connectivity index (χ2n) is 21.6. The highest BCUT2D eigenvalue weighted by molar-refractivity contribution is 6.07. The Morgan fingerprint density at radius 2 is 0.537 bits per heavy atom. The molecule has 2 unspecified atom stereocenters. The van der Waals surface area contributed by atoms with Gasteiger partial charge in [-0.25, -0.2) is 19.9 Å². The second-order valence-corrected chi connectivity index (χ2v) is 21.6. The van der Waals surface area contributed by atoms with Gasteiger partial charge in [-0.1, -0.05) is 194 Å². The lowest BCUT2D eigenvalue weighted by atomic mass is 9.60. The summed E-state index contributed by atoms with van der Waals surface area (Å²) in [5, 5.41) is 4.47. The van der Waals surface area contributed by atoms with Crippen LogP contribution in [-0.4, -0.2) is 19.9 Å². The van der Waals surface area contributed by atoms with Crippen molar-refractivity contribution < 1.29 is 8.83 Å². The SMILES string of the molecule is c1ccc(-c2nc(-c3cccc(-c4ccc5c(c4)oc4ccccc45)c3)cc(-c3ccc4c(c3)C3c5ccccc5C4c4cc(-c5cc(-c6cccc(-c7ccc8c(c7)oc7ccccc78)c6)nc(-c6ccccc6)n5)ccc43)n2)cc1. The Morgan fingerprint density at radius 3 is 0.988 bits per heavy atom. The summed E-state index contributed by atoms with van der Waals surface area (Å²) in [5.41, 5.74) is 25.3. The minimum atomic E-state index is 0.0261. The molecular weight excluding hydrogens is 1000 g/mol. The third-order valence-electron chi connectivity index (χ3n) is 16.9. The summed E-state index contributed by atoms with van der Waals surface area (Å²) in [7, 11) is 0. The molecule has 382 valence electrons. The van der Waals surface area contributed by atoms with Gasteiger partial charge in [0, 0.05) is 66.8 Å². The van der Waals surface area contributed by atoms with Gasteiger partial charge in [0.05, 0.1) is 22.8 Å². The van der Waals surface area contributed by atoms with Crippen LogP contribution in [0.4, 0.5) is 0 Å². The summed E-state index contributed by atoms with van der Waals surface area (Å²) < 4.78 is 12.6. The van der Waals surface area contributed by atoms with Crippen molar-refractivity contribution in [2.24, 2.45) is 0 Å². The van der Waals surface area contributed by atoms with Crippen LogP contribution in [-0.2, 0) is 0 Å². The van der Waals surface area contributed by atoms with Crippen molar-refractivity contribution in [1.29, 1.82) is 0 Å². The molecule has 2 bridgehead atoms. The number of hydrogen-bond donors (Lipinski definition) is 0. The smallest absolute Gasteiger partial charge is 0.160 e. The van der Waals surface area contributed by atoms with E-state index in [0.717, 1.165) is 122 Å². The van der Waals surface area contributed by atoms with Gasteiger partial charge in [-0.15, -0.1) is 0 Å². The third-order valence-corrected chi connectivity index (χ3v) is 16.9. The molecule has 0 fully saturated rings. The average molecular weight is 1050 g/mol. The molecular formula is C76H46N4O2. The van der Waals surface area contributed by atoms with Gasteiger partial charge in [-0.05, 0) is 128 Å². The van der Waals surface area contributed by atoms with E-state index >= 15 is 0 Å². The van der Waals surface area contributed by atoms with Crippen LogP contribution in [0.1, 0.15) is 45.2 Å². The number of fused-ring (bicyclic) bond motifs is 6. The molecule has 0 aliphatic heterocycles. The summed E-state index contributed by atoms with van der Waals surface area (Å²) in [4.78, 5) is 21.2. The fourth-order valence-corrected chi connectivity index (χ4v) is 13.0. The number of aromatic nitrogens is 4. The zero-order valence-electron chi connectivity index (χ0n) is 44.2. The lowest BCUT2D eigenvalue weighted by Gasteiger charge is -2.42. The quantitative estimate of drug-likeness (QED) is 0.151. The summed E-state index contributed by atoms with van der Waals surface area (Å²) >= 11 is 0. The van der Waals surface area contributed by atoms with Gasteiger partial charge in [0.15, 0.2) is 11.6 Å². The molecule has 4 heterocycles. The number of hydrogen-bond acceptors (Lipinski definition) is 6. The van der Waals surface area contributed by atoms with E-state index in [2.05, 4.69) is 206 Å². The highest BCUT2D eigenvalue weighted by atomic mass is 16.3. The Balaban J connectivity index is 0.750. The minimum Gasteiger partial charge on any atom is -0.456 e. The van der Waals surface area contributed by atoms with Crippen LogP contribution in [0.15, 0.2) is 276 Å². The first kappa shape index (κ1) is 46.1. The van der Waals surface area contributed by atoms with Gasteiger partial charge in [-0.2, -0.15) is 0 Å². The maximum absolute atomic E-state index is 6.32. The van der Waals surface area contributed by atoms with Crippen molar-refractivity contribution in [2.45, 2.75) is 11.8 Å². The van der Waals surface area contributed by atoms with E-state index in [9.17, 15) is 0 Å². The molecule has 6 heteroatoms. The fourth-order valence-electron chi connectivity index (χ4n) is 13.0. The summed E-state index contributed by atoms with van der Waals surface area (Å²) in [5.74, 6) is 1.42. The number of nitrogens with zero attached hydrogens (tertiary/aromatic N) is 4. The van der Waals surface area contributed by atoms with Crippen LogP contribution in [0, 0.1) is 0 Å². The average Bonchev–Trinajstić information content (AvgIpc) is 3.96. The topological polar surface area (TPSA) is 77.8 Å². The van der Waals surface area contributed by atoms with Crippen LogP contribution in [0.5, 0.6) is 0 Å². The third kappa shape index (κ3) is 7.56. The zero-order valence-corrected chi connectivity index (χ0v) is 44.2. The molecule has 2 atom stereocenters. The largest absolute Gasteiger partial charge is 0.456 e. The molecule has 0 saturated heterocycles. The molecule has 6 nitrogen and oxygen atoms in total. The lowest BCUT2D eigenvalue weighted by molar-refractivity contribution is 0.668. The van der Waals surface area contributed by atoms with Gasteiger partial charge in [0.1, 0.15) is 22.3 Å². The maximum Gasteiger partial charge on any atom is 0.160 e. The monoisotopic (exact) mass is 1050 g/mol. The molecule has 18 rings (SSSR count). The van der Waals surface area contributed by atoms with E-state index in [4.69, 9.17) is 28.8 Å². The van der Waals surface area contributed by atoms with Crippen LogP contribution >= 0.6 is 0 Å². The van der Waals surface area contributed by atoms with Gasteiger partial charge >= 0.3 is 0 Å². The van der Waals surface area contributed by atoms with Crippen molar-refractivity contribution >= 4 is 43.9 Å². The van der Waals surface area contributed by atoms with E-state index in [-0.39, 0.29) is 11.8 Å². The van der Waals surface area contributed by atoms with Crippen molar-refractivity contribution in [3.63, 3.8) is 0 Å². The predicted molar refractivity (Wildman–Crippen MR) is 330 cm³/mol. The Bertz CT molecular complexity index is 4760. The Kier molecular flexibility index (Phi) is 10.3. The minimum absolute atomic E-state index is 0.0261. The molecule has 0 saturated carbocycles. The molecule has 3 aliphatic carbocycles. The van der Waals surface area contributed by atoms with E-state index in [0.29, 0.717) is 11.6 Å². The summed E-state index contributed by atoms with van der Waals surface area (Å²) in [6.45, 7) is 0. The molecule has 11 aromatic carbocycles. The van der Waals surface area contributed by atoms with Gasteiger partial charge in [-0.3, -0.25) is 0 Å². The molecule has 0 amide bonds. The molecule has 15 aromatic rings. The molecule has 82 heavy (non-hydrogen) atoms. The Hall–Kier alpha value is -10.8. The molecule has 4 aromatic heterocycles. The molecule has 0 radical (unpaired) electrons. The van der Waals surface area contributed by atoms with Crippen molar-refractivity contribution in [1.82, 2.24) is 19.9 Å². The number of benzene rings is 11. The van der Waals surface area contributed by atoms with Crippen molar-refractivity contribution in [3.05, 3.63) is 300 Å². The Morgan fingerprint density at radius 1 is 0.207 bits per heavy atom. The van der Waals surface area contributed by atoms with E-state index in [1.54, 1.807) is 0 Å². The maximum atomic E-state index is 6.32. The first-order chi connectivity index (χ1) is 40.6. The van der Waals surface area contributed by atoms with Crippen LogP contribution in [0.25, 0.3) is 134 Å². The highest BCUT2D eigenvalue weighted by Crippen LogP contribution is 2.57. The Labute approximate surface area is 472 Å². The van der Waals surface area contributed by atoms with Gasteiger partial charge < -0.3 is 8.83 Å². The molecule has 0 spiro atoms. The standard InChI is InChI=1S/C76H46N4O2/c1-3-15-45(16-4-1)75-77-65(51-21-13-19-47(37-51)49-29-33-57-55-23-9-11-27-69(55)81-71(57)41-49)43-67(79-75)53-31-35-61-63(39-53)73-59-25-7-8-26-60(59)74(61)64-40-54(32-36-62(64)73)68-44-66(78-76(80-68)46-17-5-2-6-18-46)52-22-14-20-48(38-52)50-30-34-58-56-24-10-12-28-70(56)82-72(58)42-50/h1-44,73-74H. The van der Waals surface area contributed by atoms with Crippen molar-refractivity contribution in [3.8, 4) is 90.1 Å². The molecule has 3 aliphatic rings. The van der Waals surface area contributed by atoms with Crippen LogP contribution < -0.4 is 0 Å². The number of rotatable bonds is 8. The first-order valence-electron chi connectivity index (χ1n) is 27.9. The zero-order chi connectivity index (χ0) is 53.8. The fraction of sp³-hybridized carbons (Fsp3) is 0.0263.